The van der Waals surface area contributed by atoms with Gasteiger partial charge < -0.3 is 9.63 Å². The molecular formula is C15H17N3O3. The number of carbonyl (C=O) groups is 1. The predicted molar refractivity (Wildman–Crippen MR) is 73.7 cm³/mol. The Morgan fingerprint density at radius 1 is 1.33 bits per heavy atom. The lowest BCUT2D eigenvalue weighted by atomic mass is 9.79. The number of aromatic nitrogens is 3. The zero-order valence-electron chi connectivity index (χ0n) is 11.6. The van der Waals surface area contributed by atoms with Crippen LogP contribution in [0.5, 0.6) is 0 Å². The van der Waals surface area contributed by atoms with E-state index in [1.54, 1.807) is 6.20 Å². The molecule has 2 unspecified atom stereocenters. The summed E-state index contributed by atoms with van der Waals surface area (Å²) in [6.07, 6.45) is 5.64. The molecule has 1 aliphatic carbocycles. The van der Waals surface area contributed by atoms with Crippen molar-refractivity contribution >= 4 is 5.97 Å². The van der Waals surface area contributed by atoms with Gasteiger partial charge in [0.2, 0.25) is 5.89 Å². The van der Waals surface area contributed by atoms with Crippen LogP contribution < -0.4 is 0 Å². The van der Waals surface area contributed by atoms with E-state index < -0.39 is 11.9 Å². The van der Waals surface area contributed by atoms with E-state index in [0.29, 0.717) is 24.6 Å². The molecule has 6 nitrogen and oxygen atoms in total. The van der Waals surface area contributed by atoms with Crippen LogP contribution >= 0.6 is 0 Å². The van der Waals surface area contributed by atoms with Gasteiger partial charge in [-0.25, -0.2) is 0 Å². The molecule has 1 fully saturated rings. The van der Waals surface area contributed by atoms with Gasteiger partial charge in [-0.15, -0.1) is 0 Å². The lowest BCUT2D eigenvalue weighted by molar-refractivity contribution is -0.143. The zero-order chi connectivity index (χ0) is 14.7. The van der Waals surface area contributed by atoms with Crippen molar-refractivity contribution in [2.75, 3.05) is 0 Å². The van der Waals surface area contributed by atoms with E-state index >= 15 is 0 Å². The van der Waals surface area contributed by atoms with Crippen LogP contribution in [0.25, 0.3) is 0 Å². The van der Waals surface area contributed by atoms with Gasteiger partial charge in [0.1, 0.15) is 0 Å². The molecule has 2 atom stereocenters. The molecule has 2 aromatic rings. The Balaban J connectivity index is 1.76. The Kier molecular flexibility index (Phi) is 3.94. The Bertz CT molecular complexity index is 612. The predicted octanol–water partition coefficient (Wildman–Crippen LogP) is 2.41. The molecule has 110 valence electrons. The minimum absolute atomic E-state index is 0.166. The van der Waals surface area contributed by atoms with Crippen molar-refractivity contribution in [1.82, 2.24) is 15.1 Å². The van der Waals surface area contributed by atoms with Gasteiger partial charge in [0, 0.05) is 11.9 Å². The summed E-state index contributed by atoms with van der Waals surface area (Å²) < 4.78 is 5.30. The van der Waals surface area contributed by atoms with Gasteiger partial charge in [0.05, 0.1) is 18.3 Å². The normalized spacial score (nSPS) is 22.1. The first-order chi connectivity index (χ1) is 10.2. The maximum atomic E-state index is 11.3. The second kappa shape index (κ2) is 6.03. The Hall–Kier alpha value is -2.24. The Morgan fingerprint density at radius 2 is 2.19 bits per heavy atom. The highest BCUT2D eigenvalue weighted by Gasteiger charge is 2.35. The molecule has 0 spiro atoms. The van der Waals surface area contributed by atoms with E-state index in [1.807, 2.05) is 18.2 Å². The summed E-state index contributed by atoms with van der Waals surface area (Å²) in [6, 6.07) is 5.66. The summed E-state index contributed by atoms with van der Waals surface area (Å²) in [5, 5.41) is 13.3. The minimum atomic E-state index is -0.774. The SMILES string of the molecule is O=C(O)C1CCCCC1c1nc(Cc2ccccn2)no1. The molecule has 6 heteroatoms. The van der Waals surface area contributed by atoms with Crippen LogP contribution in [0.4, 0.5) is 0 Å². The first-order valence-corrected chi connectivity index (χ1v) is 7.19. The first-order valence-electron chi connectivity index (χ1n) is 7.19. The van der Waals surface area contributed by atoms with Crippen molar-refractivity contribution in [3.8, 4) is 0 Å². The maximum absolute atomic E-state index is 11.3. The van der Waals surface area contributed by atoms with Crippen molar-refractivity contribution in [3.63, 3.8) is 0 Å². The summed E-state index contributed by atoms with van der Waals surface area (Å²) in [6.45, 7) is 0. The van der Waals surface area contributed by atoms with E-state index in [4.69, 9.17) is 4.52 Å². The standard InChI is InChI=1S/C15H17N3O3/c19-15(20)12-7-2-1-6-11(12)14-17-13(18-21-14)9-10-5-3-4-8-16-10/h3-5,8,11-12H,1-2,6-7,9H2,(H,19,20). The van der Waals surface area contributed by atoms with Gasteiger partial charge in [0.15, 0.2) is 5.82 Å². The van der Waals surface area contributed by atoms with E-state index in [0.717, 1.165) is 25.0 Å². The van der Waals surface area contributed by atoms with Crippen LogP contribution in [-0.4, -0.2) is 26.2 Å². The van der Waals surface area contributed by atoms with Crippen molar-refractivity contribution in [3.05, 3.63) is 41.8 Å². The monoisotopic (exact) mass is 287 g/mol. The summed E-state index contributed by atoms with van der Waals surface area (Å²) in [7, 11) is 0. The number of aliphatic carboxylic acids is 1. The van der Waals surface area contributed by atoms with Gasteiger partial charge in [0.25, 0.3) is 0 Å². The first kappa shape index (κ1) is 13.7. The largest absolute Gasteiger partial charge is 0.481 e. The van der Waals surface area contributed by atoms with Crippen molar-refractivity contribution in [2.24, 2.45) is 5.92 Å². The number of nitrogens with zero attached hydrogens (tertiary/aromatic N) is 3. The fourth-order valence-corrected chi connectivity index (χ4v) is 2.88. The molecule has 2 aromatic heterocycles. The third-order valence-corrected chi connectivity index (χ3v) is 3.95. The van der Waals surface area contributed by atoms with E-state index in [-0.39, 0.29) is 5.92 Å². The molecule has 1 N–H and O–H groups in total. The third kappa shape index (κ3) is 3.09. The van der Waals surface area contributed by atoms with Gasteiger partial charge in [-0.1, -0.05) is 24.1 Å². The molecule has 0 aromatic carbocycles. The molecule has 1 saturated carbocycles. The Labute approximate surface area is 122 Å². The quantitative estimate of drug-likeness (QED) is 0.928. The molecule has 0 aliphatic heterocycles. The van der Waals surface area contributed by atoms with Gasteiger partial charge in [-0.3, -0.25) is 9.78 Å². The van der Waals surface area contributed by atoms with E-state index in [9.17, 15) is 9.90 Å². The average molecular weight is 287 g/mol. The number of pyridine rings is 1. The van der Waals surface area contributed by atoms with Crippen LogP contribution in [0.15, 0.2) is 28.9 Å². The smallest absolute Gasteiger partial charge is 0.307 e. The van der Waals surface area contributed by atoms with Crippen LogP contribution in [0, 0.1) is 5.92 Å². The van der Waals surface area contributed by atoms with Crippen molar-refractivity contribution < 1.29 is 14.4 Å². The average Bonchev–Trinajstić information content (AvgIpc) is 2.96. The molecule has 0 radical (unpaired) electrons. The van der Waals surface area contributed by atoms with Crippen LogP contribution in [0.3, 0.4) is 0 Å². The molecule has 0 bridgehead atoms. The van der Waals surface area contributed by atoms with E-state index in [2.05, 4.69) is 15.1 Å². The number of carboxylic acids is 1. The number of carboxylic acid groups (broad SMARTS) is 1. The fraction of sp³-hybridized carbons (Fsp3) is 0.467. The summed E-state index contributed by atoms with van der Waals surface area (Å²) in [5.74, 6) is -0.348. The summed E-state index contributed by atoms with van der Waals surface area (Å²) in [5.41, 5.74) is 0.864. The highest BCUT2D eigenvalue weighted by molar-refractivity contribution is 5.71. The highest BCUT2D eigenvalue weighted by Crippen LogP contribution is 2.37. The number of rotatable bonds is 4. The van der Waals surface area contributed by atoms with Crippen molar-refractivity contribution in [1.29, 1.82) is 0 Å². The molecule has 1 aliphatic rings. The second-order valence-electron chi connectivity index (χ2n) is 5.38. The van der Waals surface area contributed by atoms with Crippen LogP contribution in [-0.2, 0) is 11.2 Å². The second-order valence-corrected chi connectivity index (χ2v) is 5.38. The van der Waals surface area contributed by atoms with Crippen LogP contribution in [0.2, 0.25) is 0 Å². The highest BCUT2D eigenvalue weighted by atomic mass is 16.5. The minimum Gasteiger partial charge on any atom is -0.481 e. The Morgan fingerprint density at radius 3 is 2.95 bits per heavy atom. The zero-order valence-corrected chi connectivity index (χ0v) is 11.6. The summed E-state index contributed by atoms with van der Waals surface area (Å²) in [4.78, 5) is 19.9. The molecular weight excluding hydrogens is 270 g/mol. The molecule has 21 heavy (non-hydrogen) atoms. The third-order valence-electron chi connectivity index (χ3n) is 3.95. The van der Waals surface area contributed by atoms with Gasteiger partial charge >= 0.3 is 5.97 Å². The topological polar surface area (TPSA) is 89.1 Å². The molecule has 3 rings (SSSR count). The summed E-state index contributed by atoms with van der Waals surface area (Å²) >= 11 is 0. The lowest BCUT2D eigenvalue weighted by Gasteiger charge is -2.25. The van der Waals surface area contributed by atoms with E-state index in [1.165, 1.54) is 0 Å². The fourth-order valence-electron chi connectivity index (χ4n) is 2.88. The van der Waals surface area contributed by atoms with Crippen LogP contribution in [0.1, 0.15) is 49.0 Å². The molecule has 2 heterocycles. The van der Waals surface area contributed by atoms with Gasteiger partial charge in [-0.05, 0) is 25.0 Å². The lowest BCUT2D eigenvalue weighted by Crippen LogP contribution is -2.25. The number of hydrogen-bond donors (Lipinski definition) is 1. The number of hydrogen-bond acceptors (Lipinski definition) is 5. The maximum Gasteiger partial charge on any atom is 0.307 e. The van der Waals surface area contributed by atoms with Gasteiger partial charge in [-0.2, -0.15) is 4.98 Å². The van der Waals surface area contributed by atoms with Crippen molar-refractivity contribution in [2.45, 2.75) is 38.0 Å². The molecule has 0 saturated heterocycles. The molecule has 0 amide bonds.